The van der Waals surface area contributed by atoms with Gasteiger partial charge < -0.3 is 4.90 Å². The summed E-state index contributed by atoms with van der Waals surface area (Å²) in [5.74, 6) is -2.64. The quantitative estimate of drug-likeness (QED) is 0.263. The van der Waals surface area contributed by atoms with Crippen LogP contribution < -0.4 is 9.62 Å². The molecule has 39 heavy (non-hydrogen) atoms. The van der Waals surface area contributed by atoms with E-state index in [2.05, 4.69) is 4.72 Å². The van der Waals surface area contributed by atoms with Gasteiger partial charge in [-0.15, -0.1) is 0 Å². The second-order valence-electron chi connectivity index (χ2n) is 8.92. The van der Waals surface area contributed by atoms with Gasteiger partial charge in [0.2, 0.25) is 11.8 Å². The van der Waals surface area contributed by atoms with Crippen LogP contribution in [-0.4, -0.2) is 26.8 Å². The van der Waals surface area contributed by atoms with Crippen LogP contribution in [0.5, 0.6) is 0 Å². The zero-order valence-corrected chi connectivity index (χ0v) is 22.4. The van der Waals surface area contributed by atoms with Gasteiger partial charge in [-0.2, -0.15) is 0 Å². The lowest BCUT2D eigenvalue weighted by molar-refractivity contribution is -0.132. The number of carbonyl (C=O) groups excluding carboxylic acids is 2. The highest BCUT2D eigenvalue weighted by molar-refractivity contribution is 7.93. The Balaban J connectivity index is 1.68. The van der Waals surface area contributed by atoms with Crippen molar-refractivity contribution in [3.63, 3.8) is 0 Å². The molecule has 0 aromatic heterocycles. The van der Waals surface area contributed by atoms with Gasteiger partial charge in [-0.25, -0.2) is 13.1 Å². The van der Waals surface area contributed by atoms with Crippen molar-refractivity contribution in [3.05, 3.63) is 132 Å². The third-order valence-corrected chi connectivity index (χ3v) is 7.25. The van der Waals surface area contributed by atoms with E-state index in [1.54, 1.807) is 36.4 Å². The molecule has 0 heterocycles. The SMILES string of the molecule is CCN(C(=O)C(Cc1ccccc1-c1ccccc1)C(=O)NS(=O)(=O)C=Cc1ccccc1)c1ccccc1. The lowest BCUT2D eigenvalue weighted by atomic mass is 9.91. The summed E-state index contributed by atoms with van der Waals surface area (Å²) in [7, 11) is -4.16. The molecule has 0 fully saturated rings. The first-order valence-corrected chi connectivity index (χ1v) is 14.2. The smallest absolute Gasteiger partial charge is 0.257 e. The Bertz CT molecular complexity index is 1540. The number of amides is 2. The molecular formula is C32H30N2O4S. The van der Waals surface area contributed by atoms with E-state index in [-0.39, 0.29) is 6.42 Å². The van der Waals surface area contributed by atoms with Gasteiger partial charge in [0.15, 0.2) is 0 Å². The maximum atomic E-state index is 13.9. The van der Waals surface area contributed by atoms with Crippen LogP contribution in [0.2, 0.25) is 0 Å². The van der Waals surface area contributed by atoms with Crippen molar-refractivity contribution < 1.29 is 18.0 Å². The van der Waals surface area contributed by atoms with E-state index in [1.165, 1.54) is 11.0 Å². The number of rotatable bonds is 10. The predicted octanol–water partition coefficient (Wildman–Crippen LogP) is 5.68. The second kappa shape index (κ2) is 12.8. The molecule has 0 aliphatic heterocycles. The normalized spacial score (nSPS) is 12.1. The van der Waals surface area contributed by atoms with E-state index in [0.29, 0.717) is 17.8 Å². The van der Waals surface area contributed by atoms with Crippen LogP contribution in [-0.2, 0) is 26.0 Å². The second-order valence-corrected chi connectivity index (χ2v) is 10.5. The Hall–Kier alpha value is -4.49. The number of hydrogen-bond donors (Lipinski definition) is 1. The van der Waals surface area contributed by atoms with Crippen LogP contribution in [0.4, 0.5) is 5.69 Å². The molecule has 4 rings (SSSR count). The van der Waals surface area contributed by atoms with Crippen molar-refractivity contribution in [2.75, 3.05) is 11.4 Å². The molecule has 1 unspecified atom stereocenters. The van der Waals surface area contributed by atoms with Gasteiger partial charge in [-0.05, 0) is 53.8 Å². The van der Waals surface area contributed by atoms with E-state index in [4.69, 9.17) is 0 Å². The number of para-hydroxylation sites is 1. The van der Waals surface area contributed by atoms with Crippen molar-refractivity contribution in [2.24, 2.45) is 5.92 Å². The Morgan fingerprint density at radius 3 is 2.00 bits per heavy atom. The highest BCUT2D eigenvalue weighted by atomic mass is 32.2. The summed E-state index contributed by atoms with van der Waals surface area (Å²) in [5.41, 5.74) is 3.87. The van der Waals surface area contributed by atoms with Gasteiger partial charge in [0.05, 0.1) is 5.41 Å². The van der Waals surface area contributed by atoms with Gasteiger partial charge in [0.1, 0.15) is 5.92 Å². The van der Waals surface area contributed by atoms with E-state index in [0.717, 1.165) is 22.1 Å². The lowest BCUT2D eigenvalue weighted by Crippen LogP contribution is -2.46. The molecule has 0 radical (unpaired) electrons. The number of benzene rings is 4. The predicted molar refractivity (Wildman–Crippen MR) is 156 cm³/mol. The molecule has 2 amide bonds. The summed E-state index contributed by atoms with van der Waals surface area (Å²) in [6.45, 7) is 2.13. The number of sulfonamides is 1. The van der Waals surface area contributed by atoms with Gasteiger partial charge in [-0.3, -0.25) is 9.59 Å². The van der Waals surface area contributed by atoms with Crippen LogP contribution in [0.3, 0.4) is 0 Å². The summed E-state index contributed by atoms with van der Waals surface area (Å²) >= 11 is 0. The molecule has 0 aliphatic carbocycles. The number of carbonyl (C=O) groups is 2. The van der Waals surface area contributed by atoms with Crippen LogP contribution in [0.25, 0.3) is 17.2 Å². The highest BCUT2D eigenvalue weighted by Gasteiger charge is 2.33. The molecule has 6 nitrogen and oxygen atoms in total. The summed E-state index contributed by atoms with van der Waals surface area (Å²) in [4.78, 5) is 28.9. The molecule has 1 N–H and O–H groups in total. The fourth-order valence-corrected chi connectivity index (χ4v) is 5.18. The molecule has 4 aromatic rings. The first-order valence-electron chi connectivity index (χ1n) is 12.7. The number of nitrogens with zero attached hydrogens (tertiary/aromatic N) is 1. The zero-order chi connectivity index (χ0) is 27.7. The molecular weight excluding hydrogens is 508 g/mol. The molecule has 0 saturated carbocycles. The highest BCUT2D eigenvalue weighted by Crippen LogP contribution is 2.27. The minimum atomic E-state index is -4.16. The van der Waals surface area contributed by atoms with Crippen molar-refractivity contribution in [1.82, 2.24) is 4.72 Å². The average Bonchev–Trinajstić information content (AvgIpc) is 2.96. The van der Waals surface area contributed by atoms with Crippen LogP contribution in [0, 0.1) is 5.92 Å². The van der Waals surface area contributed by atoms with Crippen molar-refractivity contribution in [1.29, 1.82) is 0 Å². The summed E-state index contributed by atoms with van der Waals surface area (Å²) in [6.07, 6.45) is 1.43. The van der Waals surface area contributed by atoms with E-state index < -0.39 is 27.8 Å². The van der Waals surface area contributed by atoms with E-state index in [9.17, 15) is 18.0 Å². The van der Waals surface area contributed by atoms with Gasteiger partial charge in [0, 0.05) is 12.2 Å². The molecule has 0 aliphatic rings. The lowest BCUT2D eigenvalue weighted by Gasteiger charge is -2.26. The summed E-state index contributed by atoms with van der Waals surface area (Å²) in [6, 6.07) is 35.1. The average molecular weight is 539 g/mol. The zero-order valence-electron chi connectivity index (χ0n) is 21.6. The Labute approximate surface area is 229 Å². The van der Waals surface area contributed by atoms with Crippen LogP contribution in [0.1, 0.15) is 18.1 Å². The largest absolute Gasteiger partial charge is 0.312 e. The van der Waals surface area contributed by atoms with Crippen LogP contribution in [0.15, 0.2) is 121 Å². The summed E-state index contributed by atoms with van der Waals surface area (Å²) in [5, 5.41) is 0.939. The van der Waals surface area contributed by atoms with Crippen molar-refractivity contribution in [2.45, 2.75) is 13.3 Å². The van der Waals surface area contributed by atoms with E-state index >= 15 is 0 Å². The molecule has 0 bridgehead atoms. The maximum absolute atomic E-state index is 13.9. The molecule has 1 atom stereocenters. The standard InChI is InChI=1S/C32H30N2O4S/c1-2-34(28-19-10-5-11-20-28)32(36)30(24-27-18-12-13-21-29(27)26-16-8-4-9-17-26)31(35)33-39(37,38)23-22-25-14-6-3-7-15-25/h3-23,30H,2,24H2,1H3,(H,33,35). The van der Waals surface area contributed by atoms with Gasteiger partial charge >= 0.3 is 0 Å². The first-order chi connectivity index (χ1) is 18.9. The Morgan fingerprint density at radius 2 is 1.36 bits per heavy atom. The van der Waals surface area contributed by atoms with Crippen LogP contribution >= 0.6 is 0 Å². The number of hydrogen-bond acceptors (Lipinski definition) is 4. The van der Waals surface area contributed by atoms with Crippen molar-refractivity contribution >= 4 is 33.6 Å². The minimum absolute atomic E-state index is 0.0248. The Morgan fingerprint density at radius 1 is 0.795 bits per heavy atom. The Kier molecular flexibility index (Phi) is 9.07. The fraction of sp³-hybridized carbons (Fsp3) is 0.125. The van der Waals surface area contributed by atoms with Gasteiger partial charge in [0.25, 0.3) is 10.0 Å². The van der Waals surface area contributed by atoms with Gasteiger partial charge in [-0.1, -0.05) is 103 Å². The van der Waals surface area contributed by atoms with E-state index in [1.807, 2.05) is 85.8 Å². The number of anilines is 1. The third kappa shape index (κ3) is 7.30. The van der Waals surface area contributed by atoms with Crippen molar-refractivity contribution in [3.8, 4) is 11.1 Å². The molecule has 198 valence electrons. The monoisotopic (exact) mass is 538 g/mol. The topological polar surface area (TPSA) is 83.6 Å². The first kappa shape index (κ1) is 27.5. The molecule has 7 heteroatoms. The molecule has 0 saturated heterocycles. The molecule has 4 aromatic carbocycles. The third-order valence-electron chi connectivity index (χ3n) is 6.27. The number of nitrogens with one attached hydrogen (secondary N) is 1. The maximum Gasteiger partial charge on any atom is 0.257 e. The molecule has 0 spiro atoms. The summed E-state index contributed by atoms with van der Waals surface area (Å²) < 4.78 is 27.8. The fourth-order valence-electron chi connectivity index (χ4n) is 4.35. The minimum Gasteiger partial charge on any atom is -0.312 e.